The number of nitrogens with zero attached hydrogens (tertiary/aromatic N) is 4. The van der Waals surface area contributed by atoms with Crippen LogP contribution in [0.25, 0.3) is 23.0 Å². The Hall–Kier alpha value is -4.31. The fourth-order valence-corrected chi connectivity index (χ4v) is 4.96. The van der Waals surface area contributed by atoms with Gasteiger partial charge >= 0.3 is 0 Å². The number of amides is 2. The molecule has 0 saturated heterocycles. The van der Waals surface area contributed by atoms with E-state index in [1.165, 1.54) is 17.0 Å². The smallest absolute Gasteiger partial charge is 0.271 e. The molecule has 0 spiro atoms. The molecule has 0 atom stereocenters. The zero-order valence-corrected chi connectivity index (χ0v) is 19.9. The van der Waals surface area contributed by atoms with Gasteiger partial charge in [0.05, 0.1) is 11.4 Å². The van der Waals surface area contributed by atoms with Crippen molar-refractivity contribution < 1.29 is 14.0 Å². The van der Waals surface area contributed by atoms with Crippen LogP contribution in [0.4, 0.5) is 4.39 Å². The lowest BCUT2D eigenvalue weighted by Crippen LogP contribution is -2.49. The number of hydrogen-bond donors (Lipinski definition) is 0. The third kappa shape index (κ3) is 4.27. The molecule has 1 aliphatic heterocycles. The average molecular weight is 481 g/mol. The SMILES string of the molecule is CC1=C(C#N)C(=O)N(C2CCCCC2)C(=O)/C1=C/c1cn(-c2ccccc2)nc1-c1ccc(F)cc1. The quantitative estimate of drug-likeness (QED) is 0.360. The van der Waals surface area contributed by atoms with Crippen LogP contribution in [0.1, 0.15) is 44.6 Å². The number of aromatic nitrogens is 2. The van der Waals surface area contributed by atoms with Crippen LogP contribution in [-0.4, -0.2) is 32.5 Å². The molecule has 6 nitrogen and oxygen atoms in total. The van der Waals surface area contributed by atoms with Gasteiger partial charge in [0.2, 0.25) is 0 Å². The average Bonchev–Trinajstić information content (AvgIpc) is 3.32. The first-order chi connectivity index (χ1) is 17.5. The Balaban J connectivity index is 1.66. The molecule has 2 heterocycles. The molecular weight excluding hydrogens is 455 g/mol. The van der Waals surface area contributed by atoms with Crippen LogP contribution in [0.2, 0.25) is 0 Å². The summed E-state index contributed by atoms with van der Waals surface area (Å²) < 4.78 is 15.3. The minimum Gasteiger partial charge on any atom is -0.271 e. The zero-order valence-electron chi connectivity index (χ0n) is 19.9. The molecule has 2 aromatic carbocycles. The molecule has 0 N–H and O–H groups in total. The van der Waals surface area contributed by atoms with E-state index in [1.54, 1.807) is 36.0 Å². The van der Waals surface area contributed by atoms with E-state index in [9.17, 15) is 19.2 Å². The summed E-state index contributed by atoms with van der Waals surface area (Å²) in [6, 6.07) is 17.3. The maximum absolute atomic E-state index is 13.7. The van der Waals surface area contributed by atoms with E-state index >= 15 is 0 Å². The van der Waals surface area contributed by atoms with Gasteiger partial charge < -0.3 is 0 Å². The van der Waals surface area contributed by atoms with Gasteiger partial charge in [0.25, 0.3) is 11.8 Å². The Bertz CT molecular complexity index is 1420. The molecule has 2 aliphatic rings. The number of imide groups is 1. The third-order valence-corrected chi connectivity index (χ3v) is 6.89. The minimum absolute atomic E-state index is 0.00907. The van der Waals surface area contributed by atoms with E-state index in [1.807, 2.05) is 36.4 Å². The van der Waals surface area contributed by atoms with E-state index in [0.717, 1.165) is 37.8 Å². The van der Waals surface area contributed by atoms with Crippen molar-refractivity contribution >= 4 is 17.9 Å². The second-order valence-corrected chi connectivity index (χ2v) is 9.16. The molecule has 7 heteroatoms. The van der Waals surface area contributed by atoms with Gasteiger partial charge in [0.15, 0.2) is 0 Å². The van der Waals surface area contributed by atoms with Crippen molar-refractivity contribution in [2.45, 2.75) is 45.1 Å². The van der Waals surface area contributed by atoms with Gasteiger partial charge in [-0.1, -0.05) is 37.5 Å². The highest BCUT2D eigenvalue weighted by atomic mass is 19.1. The van der Waals surface area contributed by atoms with Crippen molar-refractivity contribution in [2.75, 3.05) is 0 Å². The molecule has 0 radical (unpaired) electrons. The lowest BCUT2D eigenvalue weighted by atomic mass is 9.88. The zero-order chi connectivity index (χ0) is 25.2. The van der Waals surface area contributed by atoms with Gasteiger partial charge in [-0.25, -0.2) is 9.07 Å². The van der Waals surface area contributed by atoms with Crippen molar-refractivity contribution in [1.29, 1.82) is 5.26 Å². The number of carbonyl (C=O) groups excluding carboxylic acids is 2. The number of hydrogen-bond acceptors (Lipinski definition) is 4. The highest BCUT2D eigenvalue weighted by Gasteiger charge is 2.40. The van der Waals surface area contributed by atoms with Crippen molar-refractivity contribution in [2.24, 2.45) is 0 Å². The van der Waals surface area contributed by atoms with Crippen molar-refractivity contribution in [3.63, 3.8) is 0 Å². The summed E-state index contributed by atoms with van der Waals surface area (Å²) in [5.74, 6) is -1.26. The Morgan fingerprint density at radius 1 is 1.00 bits per heavy atom. The predicted molar refractivity (Wildman–Crippen MR) is 134 cm³/mol. The monoisotopic (exact) mass is 480 g/mol. The van der Waals surface area contributed by atoms with Gasteiger partial charge in [-0.2, -0.15) is 10.4 Å². The van der Waals surface area contributed by atoms with Crippen LogP contribution in [0, 0.1) is 17.1 Å². The molecule has 1 fully saturated rings. The molecule has 1 aromatic heterocycles. The van der Waals surface area contributed by atoms with E-state index in [4.69, 9.17) is 5.10 Å². The minimum atomic E-state index is -0.511. The van der Waals surface area contributed by atoms with Gasteiger partial charge in [-0.05, 0) is 67.8 Å². The topological polar surface area (TPSA) is 79.0 Å². The Labute approximate surface area is 209 Å². The molecule has 1 aliphatic carbocycles. The van der Waals surface area contributed by atoms with Gasteiger partial charge in [-0.15, -0.1) is 0 Å². The largest absolute Gasteiger partial charge is 0.271 e. The first-order valence-corrected chi connectivity index (χ1v) is 12.1. The van der Waals surface area contributed by atoms with E-state index in [0.29, 0.717) is 28.0 Å². The summed E-state index contributed by atoms with van der Waals surface area (Å²) in [4.78, 5) is 28.1. The maximum atomic E-state index is 13.7. The summed E-state index contributed by atoms with van der Waals surface area (Å²) in [6.45, 7) is 1.64. The summed E-state index contributed by atoms with van der Waals surface area (Å²) in [7, 11) is 0. The van der Waals surface area contributed by atoms with Crippen molar-refractivity contribution in [3.05, 3.63) is 88.9 Å². The van der Waals surface area contributed by atoms with Crippen LogP contribution in [0.15, 0.2) is 77.5 Å². The molecular formula is C29H25FN4O2. The highest BCUT2D eigenvalue weighted by Crippen LogP contribution is 2.34. The second-order valence-electron chi connectivity index (χ2n) is 9.16. The fourth-order valence-electron chi connectivity index (χ4n) is 4.96. The highest BCUT2D eigenvalue weighted by molar-refractivity contribution is 6.20. The van der Waals surface area contributed by atoms with Crippen LogP contribution < -0.4 is 0 Å². The number of rotatable bonds is 4. The Kier molecular flexibility index (Phi) is 6.34. The molecule has 180 valence electrons. The van der Waals surface area contributed by atoms with Gasteiger partial charge in [0.1, 0.15) is 17.5 Å². The number of halogens is 1. The van der Waals surface area contributed by atoms with E-state index < -0.39 is 5.91 Å². The number of nitriles is 1. The molecule has 36 heavy (non-hydrogen) atoms. The molecule has 1 saturated carbocycles. The van der Waals surface area contributed by atoms with Gasteiger partial charge in [-0.3, -0.25) is 14.5 Å². The fraction of sp³-hybridized carbons (Fsp3) is 0.241. The number of carbonyl (C=O) groups is 2. The second kappa shape index (κ2) is 9.74. The van der Waals surface area contributed by atoms with Crippen LogP contribution >= 0.6 is 0 Å². The standard InChI is InChI=1S/C29H25FN4O2/c1-19-25(28(35)34(29(36)26(19)17-31)24-10-6-3-7-11-24)16-21-18-33(23-8-4-2-5-9-23)32-27(21)20-12-14-22(30)15-13-20/h2,4-5,8-9,12-16,18,24H,3,6-7,10-11H2,1H3/b25-16+. The molecule has 0 unspecified atom stereocenters. The predicted octanol–water partition coefficient (Wildman–Crippen LogP) is 5.60. The Morgan fingerprint density at radius 3 is 2.36 bits per heavy atom. The van der Waals surface area contributed by atoms with Crippen LogP contribution in [-0.2, 0) is 9.59 Å². The number of benzene rings is 2. The summed E-state index contributed by atoms with van der Waals surface area (Å²) in [5.41, 5.74) is 3.35. The summed E-state index contributed by atoms with van der Waals surface area (Å²) in [6.07, 6.45) is 7.96. The lowest BCUT2D eigenvalue weighted by molar-refractivity contribution is -0.143. The van der Waals surface area contributed by atoms with Crippen molar-refractivity contribution in [3.8, 4) is 23.0 Å². The lowest BCUT2D eigenvalue weighted by Gasteiger charge is -2.36. The maximum Gasteiger partial charge on any atom is 0.271 e. The van der Waals surface area contributed by atoms with Crippen molar-refractivity contribution in [1.82, 2.24) is 14.7 Å². The summed E-state index contributed by atoms with van der Waals surface area (Å²) in [5, 5.41) is 14.5. The first-order valence-electron chi connectivity index (χ1n) is 12.1. The van der Waals surface area contributed by atoms with E-state index in [-0.39, 0.29) is 23.3 Å². The Morgan fingerprint density at radius 2 is 1.69 bits per heavy atom. The third-order valence-electron chi connectivity index (χ3n) is 6.89. The van der Waals surface area contributed by atoms with Crippen LogP contribution in [0.3, 0.4) is 0 Å². The molecule has 3 aromatic rings. The summed E-state index contributed by atoms with van der Waals surface area (Å²) >= 11 is 0. The molecule has 0 bridgehead atoms. The van der Waals surface area contributed by atoms with Gasteiger partial charge in [0, 0.05) is 28.9 Å². The molecule has 2 amide bonds. The molecule has 5 rings (SSSR count). The normalized spacial score (nSPS) is 18.1. The van der Waals surface area contributed by atoms with E-state index in [2.05, 4.69) is 0 Å². The number of para-hydroxylation sites is 1. The van der Waals surface area contributed by atoms with Crippen LogP contribution in [0.5, 0.6) is 0 Å². The first kappa shape index (κ1) is 23.4.